The summed E-state index contributed by atoms with van der Waals surface area (Å²) in [6, 6.07) is 1.69. The van der Waals surface area contributed by atoms with E-state index in [9.17, 15) is 9.59 Å². The van der Waals surface area contributed by atoms with Crippen LogP contribution in [0.3, 0.4) is 0 Å². The number of carbonyl (C=O) groups is 2. The molecule has 0 aliphatic carbocycles. The minimum absolute atomic E-state index is 0.0184. The second kappa shape index (κ2) is 8.94. The number of ketones is 1. The summed E-state index contributed by atoms with van der Waals surface area (Å²) in [6.07, 6.45) is 3.27. The zero-order valence-corrected chi connectivity index (χ0v) is 7.86. The minimum atomic E-state index is -1.09. The Labute approximate surface area is 82.5 Å². The average Bonchev–Trinajstić information content (AvgIpc) is 2.17. The van der Waals surface area contributed by atoms with Crippen molar-refractivity contribution in [2.45, 2.75) is 6.92 Å². The molecule has 74 valence electrons. The van der Waals surface area contributed by atoms with E-state index in [1.54, 1.807) is 6.07 Å². The molecule has 0 aromatic heterocycles. The van der Waals surface area contributed by atoms with Crippen LogP contribution in [0.25, 0.3) is 0 Å². The Morgan fingerprint density at radius 2 is 1.86 bits per heavy atom. The molecule has 14 heavy (non-hydrogen) atoms. The maximum atomic E-state index is 10.5. The molecule has 0 rings (SSSR count). The highest BCUT2D eigenvalue weighted by Gasteiger charge is 2.00. The van der Waals surface area contributed by atoms with Crippen LogP contribution in [0.5, 0.6) is 0 Å². The van der Waals surface area contributed by atoms with Crippen LogP contribution in [0, 0.1) is 11.3 Å². The average molecular weight is 193 g/mol. The van der Waals surface area contributed by atoms with E-state index in [-0.39, 0.29) is 11.4 Å². The largest absolute Gasteiger partial charge is 0.478 e. The molecular weight excluding hydrogens is 182 g/mol. The Balaban J connectivity index is 0. The van der Waals surface area contributed by atoms with Crippen molar-refractivity contribution in [1.82, 2.24) is 0 Å². The molecule has 4 heteroatoms. The van der Waals surface area contributed by atoms with Gasteiger partial charge in [-0.15, -0.1) is 0 Å². The zero-order chi connectivity index (χ0) is 11.6. The summed E-state index contributed by atoms with van der Waals surface area (Å²) in [7, 11) is 0. The van der Waals surface area contributed by atoms with E-state index >= 15 is 0 Å². The highest BCUT2D eigenvalue weighted by atomic mass is 16.4. The van der Waals surface area contributed by atoms with Crippen LogP contribution in [0.1, 0.15) is 6.92 Å². The zero-order valence-electron chi connectivity index (χ0n) is 7.86. The number of rotatable bonds is 3. The van der Waals surface area contributed by atoms with E-state index in [1.165, 1.54) is 13.0 Å². The highest BCUT2D eigenvalue weighted by Crippen LogP contribution is 1.91. The molecule has 0 fully saturated rings. The number of nitrogens with zero attached hydrogens (tertiary/aromatic N) is 1. The molecule has 0 heterocycles. The third kappa shape index (κ3) is 9.85. The Morgan fingerprint density at radius 1 is 1.43 bits per heavy atom. The van der Waals surface area contributed by atoms with Crippen LogP contribution in [0.2, 0.25) is 0 Å². The molecule has 0 amide bonds. The van der Waals surface area contributed by atoms with Gasteiger partial charge < -0.3 is 5.11 Å². The van der Waals surface area contributed by atoms with Crippen molar-refractivity contribution in [3.8, 4) is 6.07 Å². The predicted molar refractivity (Wildman–Crippen MR) is 52.4 cm³/mol. The maximum absolute atomic E-state index is 10.5. The second-order valence-electron chi connectivity index (χ2n) is 2.07. The van der Waals surface area contributed by atoms with Gasteiger partial charge >= 0.3 is 5.97 Å². The van der Waals surface area contributed by atoms with Crippen LogP contribution >= 0.6 is 0 Å². The molecule has 0 atom stereocenters. The van der Waals surface area contributed by atoms with Gasteiger partial charge in [0.2, 0.25) is 0 Å². The molecule has 0 aromatic carbocycles. The Morgan fingerprint density at radius 3 is 2.07 bits per heavy atom. The standard InChI is InChI=1S/C7H8O3.C3H3N/c1-3-6(8)4-5(2)7(9)10;1-2-3-4/h3-4H,1H2,2H3,(H,9,10);2H,1H2. The quantitative estimate of drug-likeness (QED) is 0.543. The Bertz CT molecular complexity index is 308. The number of hydrogen-bond acceptors (Lipinski definition) is 3. The summed E-state index contributed by atoms with van der Waals surface area (Å²) in [6.45, 7) is 7.65. The number of allylic oxidation sites excluding steroid dienone is 3. The molecule has 4 nitrogen and oxygen atoms in total. The second-order valence-corrected chi connectivity index (χ2v) is 2.07. The maximum Gasteiger partial charge on any atom is 0.331 e. The van der Waals surface area contributed by atoms with E-state index < -0.39 is 5.97 Å². The van der Waals surface area contributed by atoms with Gasteiger partial charge in [0.05, 0.1) is 6.07 Å². The Kier molecular flexibility index (Phi) is 9.18. The Hall–Kier alpha value is -2.15. The minimum Gasteiger partial charge on any atom is -0.478 e. The number of nitriles is 1. The molecular formula is C10H11NO3. The molecule has 0 aliphatic heterocycles. The molecule has 0 radical (unpaired) electrons. The number of aliphatic carboxylic acids is 1. The molecule has 0 unspecified atom stereocenters. The lowest BCUT2D eigenvalue weighted by atomic mass is 10.2. The normalized spacial score (nSPS) is 8.71. The number of carboxylic acids is 1. The highest BCUT2D eigenvalue weighted by molar-refractivity contribution is 6.03. The SMILES string of the molecule is C=CC#N.C=CC(=O)C=C(C)C(=O)O. The fraction of sp³-hybridized carbons (Fsp3) is 0.100. The summed E-state index contributed by atoms with van der Waals surface area (Å²) in [5.74, 6) is -1.48. The van der Waals surface area contributed by atoms with Gasteiger partial charge in [0.25, 0.3) is 0 Å². The first-order chi connectivity index (χ1) is 6.49. The van der Waals surface area contributed by atoms with Crippen molar-refractivity contribution in [3.05, 3.63) is 37.0 Å². The number of carboxylic acid groups (broad SMARTS) is 1. The van der Waals surface area contributed by atoms with Gasteiger partial charge in [-0.25, -0.2) is 4.79 Å². The van der Waals surface area contributed by atoms with Crippen molar-refractivity contribution in [2.75, 3.05) is 0 Å². The lowest BCUT2D eigenvalue weighted by molar-refractivity contribution is -0.132. The van der Waals surface area contributed by atoms with Crippen LogP contribution in [0.15, 0.2) is 37.0 Å². The third-order valence-electron chi connectivity index (χ3n) is 0.989. The smallest absolute Gasteiger partial charge is 0.331 e. The summed E-state index contributed by atoms with van der Waals surface area (Å²) in [5.41, 5.74) is 0.0184. The molecule has 0 spiro atoms. The van der Waals surface area contributed by atoms with E-state index in [4.69, 9.17) is 10.4 Å². The van der Waals surface area contributed by atoms with E-state index in [0.717, 1.165) is 12.2 Å². The van der Waals surface area contributed by atoms with Gasteiger partial charge in [0.1, 0.15) is 0 Å². The summed E-state index contributed by atoms with van der Waals surface area (Å²) < 4.78 is 0. The van der Waals surface area contributed by atoms with Gasteiger partial charge in [-0.3, -0.25) is 4.79 Å². The lowest BCUT2D eigenvalue weighted by Gasteiger charge is -1.87. The van der Waals surface area contributed by atoms with Gasteiger partial charge in [-0.2, -0.15) is 5.26 Å². The van der Waals surface area contributed by atoms with Crippen LogP contribution in [0.4, 0.5) is 0 Å². The topological polar surface area (TPSA) is 78.2 Å². The van der Waals surface area contributed by atoms with Crippen molar-refractivity contribution < 1.29 is 14.7 Å². The summed E-state index contributed by atoms with van der Waals surface area (Å²) in [5, 5.41) is 15.8. The number of hydrogen-bond donors (Lipinski definition) is 1. The van der Waals surface area contributed by atoms with Gasteiger partial charge in [-0.1, -0.05) is 13.2 Å². The van der Waals surface area contributed by atoms with E-state index in [2.05, 4.69) is 13.2 Å². The summed E-state index contributed by atoms with van der Waals surface area (Å²) >= 11 is 0. The predicted octanol–water partition coefficient (Wildman–Crippen LogP) is 1.47. The van der Waals surface area contributed by atoms with Crippen molar-refractivity contribution in [3.63, 3.8) is 0 Å². The van der Waals surface area contributed by atoms with Gasteiger partial charge in [-0.05, 0) is 19.1 Å². The van der Waals surface area contributed by atoms with E-state index in [1.807, 2.05) is 0 Å². The van der Waals surface area contributed by atoms with Crippen molar-refractivity contribution >= 4 is 11.8 Å². The van der Waals surface area contributed by atoms with Crippen molar-refractivity contribution in [1.29, 1.82) is 5.26 Å². The van der Waals surface area contributed by atoms with Crippen LogP contribution in [-0.2, 0) is 9.59 Å². The molecule has 1 N–H and O–H groups in total. The fourth-order valence-corrected chi connectivity index (χ4v) is 0.334. The third-order valence-corrected chi connectivity index (χ3v) is 0.989. The molecule has 0 aromatic rings. The number of carbonyl (C=O) groups excluding carboxylic acids is 1. The fourth-order valence-electron chi connectivity index (χ4n) is 0.334. The molecule has 0 saturated heterocycles. The summed E-state index contributed by atoms with van der Waals surface area (Å²) in [4.78, 5) is 20.6. The van der Waals surface area contributed by atoms with E-state index in [0.29, 0.717) is 0 Å². The van der Waals surface area contributed by atoms with Gasteiger partial charge in [0, 0.05) is 11.6 Å². The van der Waals surface area contributed by atoms with Gasteiger partial charge in [0.15, 0.2) is 5.78 Å². The molecule has 0 bridgehead atoms. The first kappa shape index (κ1) is 14.4. The van der Waals surface area contributed by atoms with Crippen LogP contribution < -0.4 is 0 Å². The van der Waals surface area contributed by atoms with Crippen LogP contribution in [-0.4, -0.2) is 16.9 Å². The first-order valence-corrected chi connectivity index (χ1v) is 3.58. The monoisotopic (exact) mass is 193 g/mol. The van der Waals surface area contributed by atoms with Crippen molar-refractivity contribution in [2.24, 2.45) is 0 Å². The lowest BCUT2D eigenvalue weighted by Crippen LogP contribution is -1.98. The molecule has 0 aliphatic rings. The molecule has 0 saturated carbocycles. The first-order valence-electron chi connectivity index (χ1n) is 3.58.